The van der Waals surface area contributed by atoms with Crippen LogP contribution < -0.4 is 10.1 Å². The number of carbonyl (C=O) groups excluding carboxylic acids is 2. The third-order valence-corrected chi connectivity index (χ3v) is 3.07. The third-order valence-electron chi connectivity index (χ3n) is 3.07. The van der Waals surface area contributed by atoms with Crippen molar-refractivity contribution in [2.24, 2.45) is 0 Å². The summed E-state index contributed by atoms with van der Waals surface area (Å²) in [5, 5.41) is 11.4. The lowest BCUT2D eigenvalue weighted by molar-refractivity contribution is -0.123. The SMILES string of the molecule is COc1ccc(C(=O)N2CCNC(=O)C2)cc1C#CCO. The van der Waals surface area contributed by atoms with E-state index < -0.39 is 0 Å². The molecule has 1 aromatic carbocycles. The van der Waals surface area contributed by atoms with Gasteiger partial charge in [-0.25, -0.2) is 0 Å². The largest absolute Gasteiger partial charge is 0.495 e. The Balaban J connectivity index is 2.26. The number of ether oxygens (including phenoxy) is 1. The quantitative estimate of drug-likeness (QED) is 0.727. The van der Waals surface area contributed by atoms with Crippen LogP contribution in [0.15, 0.2) is 18.2 Å². The molecule has 21 heavy (non-hydrogen) atoms. The lowest BCUT2D eigenvalue weighted by Gasteiger charge is -2.26. The summed E-state index contributed by atoms with van der Waals surface area (Å²) in [7, 11) is 1.51. The molecule has 2 N–H and O–H groups in total. The van der Waals surface area contributed by atoms with E-state index in [1.165, 1.54) is 12.0 Å². The minimum atomic E-state index is -0.270. The molecule has 0 aromatic heterocycles. The van der Waals surface area contributed by atoms with Gasteiger partial charge in [0.25, 0.3) is 5.91 Å². The molecule has 1 aliphatic rings. The molecule has 0 unspecified atom stereocenters. The summed E-state index contributed by atoms with van der Waals surface area (Å²) in [6.45, 7) is 0.725. The maximum atomic E-state index is 12.4. The number of piperazine rings is 1. The van der Waals surface area contributed by atoms with Crippen LogP contribution in [-0.4, -0.2) is 55.2 Å². The second-order valence-electron chi connectivity index (χ2n) is 4.45. The molecule has 0 spiro atoms. The van der Waals surface area contributed by atoms with Crippen molar-refractivity contribution in [3.05, 3.63) is 29.3 Å². The van der Waals surface area contributed by atoms with E-state index in [4.69, 9.17) is 9.84 Å². The second-order valence-corrected chi connectivity index (χ2v) is 4.45. The zero-order chi connectivity index (χ0) is 15.2. The molecular formula is C15H16N2O4. The second kappa shape index (κ2) is 6.77. The van der Waals surface area contributed by atoms with Gasteiger partial charge in [-0.3, -0.25) is 9.59 Å². The average Bonchev–Trinajstić information content (AvgIpc) is 2.51. The van der Waals surface area contributed by atoms with Crippen molar-refractivity contribution in [2.45, 2.75) is 0 Å². The van der Waals surface area contributed by atoms with Gasteiger partial charge in [-0.15, -0.1) is 0 Å². The summed E-state index contributed by atoms with van der Waals surface area (Å²) in [6.07, 6.45) is 0. The topological polar surface area (TPSA) is 78.9 Å². The summed E-state index contributed by atoms with van der Waals surface area (Å²) in [5.41, 5.74) is 0.964. The number of hydrogen-bond donors (Lipinski definition) is 2. The molecule has 0 radical (unpaired) electrons. The number of benzene rings is 1. The van der Waals surface area contributed by atoms with Gasteiger partial charge in [0.2, 0.25) is 5.91 Å². The molecule has 110 valence electrons. The number of hydrogen-bond acceptors (Lipinski definition) is 4. The molecule has 0 atom stereocenters. The van der Waals surface area contributed by atoms with Crippen molar-refractivity contribution < 1.29 is 19.4 Å². The van der Waals surface area contributed by atoms with Crippen LogP contribution in [0.2, 0.25) is 0 Å². The first-order valence-electron chi connectivity index (χ1n) is 6.49. The normalized spacial score (nSPS) is 14.0. The van der Waals surface area contributed by atoms with E-state index in [1.807, 2.05) is 0 Å². The summed E-state index contributed by atoms with van der Waals surface area (Å²) < 4.78 is 5.17. The Morgan fingerprint density at radius 3 is 3.00 bits per heavy atom. The highest BCUT2D eigenvalue weighted by Gasteiger charge is 2.22. The minimum absolute atomic E-state index is 0.0581. The van der Waals surface area contributed by atoms with Gasteiger partial charge in [0, 0.05) is 18.7 Å². The molecule has 0 aliphatic carbocycles. The first-order chi connectivity index (χ1) is 10.2. The molecule has 2 rings (SSSR count). The molecule has 2 amide bonds. The predicted molar refractivity (Wildman–Crippen MR) is 75.9 cm³/mol. The zero-order valence-corrected chi connectivity index (χ0v) is 11.7. The van der Waals surface area contributed by atoms with Crippen LogP contribution in [0.25, 0.3) is 0 Å². The zero-order valence-electron chi connectivity index (χ0n) is 11.7. The monoisotopic (exact) mass is 288 g/mol. The molecule has 0 bridgehead atoms. The van der Waals surface area contributed by atoms with Crippen LogP contribution in [0.3, 0.4) is 0 Å². The van der Waals surface area contributed by atoms with Crippen LogP contribution in [0, 0.1) is 11.8 Å². The summed E-state index contributed by atoms with van der Waals surface area (Å²) in [5.74, 6) is 5.42. The van der Waals surface area contributed by atoms with Crippen molar-refractivity contribution in [3.63, 3.8) is 0 Å². The van der Waals surface area contributed by atoms with Crippen LogP contribution in [0.1, 0.15) is 15.9 Å². The van der Waals surface area contributed by atoms with Crippen molar-refractivity contribution >= 4 is 11.8 Å². The van der Waals surface area contributed by atoms with Crippen molar-refractivity contribution in [2.75, 3.05) is 33.4 Å². The van der Waals surface area contributed by atoms with E-state index in [9.17, 15) is 9.59 Å². The van der Waals surface area contributed by atoms with E-state index in [0.717, 1.165) is 0 Å². The van der Waals surface area contributed by atoms with Gasteiger partial charge in [-0.05, 0) is 18.2 Å². The van der Waals surface area contributed by atoms with Gasteiger partial charge < -0.3 is 20.1 Å². The Morgan fingerprint density at radius 1 is 1.52 bits per heavy atom. The van der Waals surface area contributed by atoms with Gasteiger partial charge in [-0.1, -0.05) is 11.8 Å². The Morgan fingerprint density at radius 2 is 2.33 bits per heavy atom. The average molecular weight is 288 g/mol. The number of methoxy groups -OCH3 is 1. The highest BCUT2D eigenvalue weighted by Crippen LogP contribution is 2.20. The standard InChI is InChI=1S/C15H16N2O4/c1-21-13-5-4-12(9-11(13)3-2-8-18)15(20)17-7-6-16-14(19)10-17/h4-5,9,18H,6-8,10H2,1H3,(H,16,19). The lowest BCUT2D eigenvalue weighted by Crippen LogP contribution is -2.49. The molecule has 1 aliphatic heterocycles. The first kappa shape index (κ1) is 14.9. The molecule has 1 aromatic rings. The van der Waals surface area contributed by atoms with Crippen molar-refractivity contribution in [1.29, 1.82) is 0 Å². The summed E-state index contributed by atoms with van der Waals surface area (Å²) in [6, 6.07) is 4.90. The van der Waals surface area contributed by atoms with Gasteiger partial charge >= 0.3 is 0 Å². The van der Waals surface area contributed by atoms with Gasteiger partial charge in [-0.2, -0.15) is 0 Å². The van der Waals surface area contributed by atoms with E-state index >= 15 is 0 Å². The van der Waals surface area contributed by atoms with E-state index in [-0.39, 0.29) is 25.0 Å². The van der Waals surface area contributed by atoms with Crippen LogP contribution in [0.5, 0.6) is 5.75 Å². The molecule has 1 heterocycles. The Hall–Kier alpha value is -2.52. The Bertz CT molecular complexity index is 616. The smallest absolute Gasteiger partial charge is 0.254 e. The van der Waals surface area contributed by atoms with Gasteiger partial charge in [0.1, 0.15) is 12.4 Å². The molecule has 0 saturated carbocycles. The number of amides is 2. The number of aliphatic hydroxyl groups is 1. The summed E-state index contributed by atoms with van der Waals surface area (Å²) >= 11 is 0. The number of aliphatic hydroxyl groups excluding tert-OH is 1. The van der Waals surface area contributed by atoms with E-state index in [2.05, 4.69) is 17.2 Å². The maximum Gasteiger partial charge on any atom is 0.254 e. The van der Waals surface area contributed by atoms with Crippen LogP contribution in [0.4, 0.5) is 0 Å². The van der Waals surface area contributed by atoms with Crippen LogP contribution >= 0.6 is 0 Å². The Labute approximate surface area is 122 Å². The number of carbonyl (C=O) groups is 2. The maximum absolute atomic E-state index is 12.4. The number of nitrogens with one attached hydrogen (secondary N) is 1. The fourth-order valence-corrected chi connectivity index (χ4v) is 2.07. The fraction of sp³-hybridized carbons (Fsp3) is 0.333. The molecule has 1 fully saturated rings. The molecule has 1 saturated heterocycles. The highest BCUT2D eigenvalue weighted by atomic mass is 16.5. The van der Waals surface area contributed by atoms with Crippen molar-refractivity contribution in [1.82, 2.24) is 10.2 Å². The third kappa shape index (κ3) is 3.52. The van der Waals surface area contributed by atoms with Crippen molar-refractivity contribution in [3.8, 4) is 17.6 Å². The first-order valence-corrected chi connectivity index (χ1v) is 6.49. The van der Waals surface area contributed by atoms with E-state index in [0.29, 0.717) is 30.0 Å². The Kier molecular flexibility index (Phi) is 4.80. The molecular weight excluding hydrogens is 272 g/mol. The van der Waals surface area contributed by atoms with E-state index in [1.54, 1.807) is 18.2 Å². The lowest BCUT2D eigenvalue weighted by atomic mass is 10.1. The fourth-order valence-electron chi connectivity index (χ4n) is 2.07. The summed E-state index contributed by atoms with van der Waals surface area (Å²) in [4.78, 5) is 25.2. The molecule has 6 nitrogen and oxygen atoms in total. The highest BCUT2D eigenvalue weighted by molar-refractivity contribution is 5.97. The molecule has 6 heteroatoms. The minimum Gasteiger partial charge on any atom is -0.495 e. The predicted octanol–water partition coefficient (Wildman–Crippen LogP) is -0.389. The van der Waals surface area contributed by atoms with Crippen LogP contribution in [-0.2, 0) is 4.79 Å². The van der Waals surface area contributed by atoms with Gasteiger partial charge in [0.15, 0.2) is 0 Å². The van der Waals surface area contributed by atoms with Gasteiger partial charge in [0.05, 0.1) is 19.2 Å². The number of rotatable bonds is 2. The number of nitrogens with zero attached hydrogens (tertiary/aromatic N) is 1.